The maximum absolute atomic E-state index is 10.1. The summed E-state index contributed by atoms with van der Waals surface area (Å²) in [7, 11) is 0. The third-order valence-electron chi connectivity index (χ3n) is 2.27. The first-order valence-electron chi connectivity index (χ1n) is 5.83. The van der Waals surface area contributed by atoms with Crippen LogP contribution in [0.4, 0.5) is 0 Å². The van der Waals surface area contributed by atoms with E-state index in [1.165, 1.54) is 0 Å². The largest absolute Gasteiger partial charge is 0.545 e. The number of hydrogen-bond donors (Lipinski definition) is 0. The summed E-state index contributed by atoms with van der Waals surface area (Å²) < 4.78 is 0. The van der Waals surface area contributed by atoms with Crippen LogP contribution in [0.25, 0.3) is 0 Å². The molecule has 0 spiro atoms. The number of carboxylic acids is 2. The van der Waals surface area contributed by atoms with E-state index in [0.717, 1.165) is 12.8 Å². The molecular weight excluding hydrogens is 232 g/mol. The van der Waals surface area contributed by atoms with Crippen LogP contribution in [0.1, 0.15) is 47.0 Å². The molecule has 0 saturated heterocycles. The molecule has 4 heteroatoms. The highest BCUT2D eigenvalue weighted by molar-refractivity contribution is 5.85. The van der Waals surface area contributed by atoms with E-state index in [4.69, 9.17) is 0 Å². The van der Waals surface area contributed by atoms with Gasteiger partial charge in [0.05, 0.1) is 11.9 Å². The molecule has 0 aliphatic heterocycles. The van der Waals surface area contributed by atoms with Crippen LogP contribution < -0.4 is 10.2 Å². The highest BCUT2D eigenvalue weighted by Gasteiger charge is 2.14. The minimum Gasteiger partial charge on any atom is -0.545 e. The van der Waals surface area contributed by atoms with E-state index >= 15 is 0 Å². The highest BCUT2D eigenvalue weighted by atomic mass is 16.4. The second-order valence-corrected chi connectivity index (χ2v) is 5.01. The van der Waals surface area contributed by atoms with Gasteiger partial charge >= 0.3 is 0 Å². The molecule has 0 aromatic rings. The Labute approximate surface area is 109 Å². The number of carbonyl (C=O) groups is 2. The zero-order chi connectivity index (χ0) is 14.9. The topological polar surface area (TPSA) is 80.3 Å². The van der Waals surface area contributed by atoms with Gasteiger partial charge in [-0.2, -0.15) is 0 Å². The second-order valence-electron chi connectivity index (χ2n) is 5.01. The summed E-state index contributed by atoms with van der Waals surface area (Å²) in [6, 6.07) is 0. The Bertz CT molecular complexity index is 321. The lowest BCUT2D eigenvalue weighted by Crippen LogP contribution is -2.30. The van der Waals surface area contributed by atoms with Crippen molar-refractivity contribution in [1.29, 1.82) is 0 Å². The summed E-state index contributed by atoms with van der Waals surface area (Å²) in [4.78, 5) is 20.1. The fraction of sp³-hybridized carbons (Fsp3) is 0.571. The molecule has 0 aromatic carbocycles. The van der Waals surface area contributed by atoms with E-state index in [-0.39, 0.29) is 16.6 Å². The molecule has 0 amide bonds. The van der Waals surface area contributed by atoms with E-state index in [1.54, 1.807) is 20.8 Å². The van der Waals surface area contributed by atoms with Gasteiger partial charge < -0.3 is 19.8 Å². The second kappa shape index (κ2) is 8.50. The van der Waals surface area contributed by atoms with Crippen molar-refractivity contribution >= 4 is 11.9 Å². The predicted octanol–water partition coefficient (Wildman–Crippen LogP) is 0.821. The van der Waals surface area contributed by atoms with Crippen LogP contribution in [0.5, 0.6) is 0 Å². The summed E-state index contributed by atoms with van der Waals surface area (Å²) in [5, 5.41) is 20.1. The molecule has 0 N–H and O–H groups in total. The van der Waals surface area contributed by atoms with E-state index in [2.05, 4.69) is 13.2 Å². The summed E-state index contributed by atoms with van der Waals surface area (Å²) >= 11 is 0. The lowest BCUT2D eigenvalue weighted by Gasteiger charge is -2.21. The maximum atomic E-state index is 10.1. The Morgan fingerprint density at radius 3 is 1.67 bits per heavy atom. The Morgan fingerprint density at radius 1 is 1.06 bits per heavy atom. The average molecular weight is 254 g/mol. The lowest BCUT2D eigenvalue weighted by molar-refractivity contribution is -0.301. The minimum atomic E-state index is -1.16. The normalized spacial score (nSPS) is 10.0. The third kappa shape index (κ3) is 9.63. The number of hydrogen-bond acceptors (Lipinski definition) is 4. The average Bonchev–Trinajstić information content (AvgIpc) is 2.23. The smallest absolute Gasteiger partial charge is 0.0674 e. The van der Waals surface area contributed by atoms with Crippen LogP contribution in [-0.2, 0) is 9.59 Å². The van der Waals surface area contributed by atoms with Gasteiger partial charge in [-0.3, -0.25) is 0 Å². The van der Waals surface area contributed by atoms with Gasteiger partial charge in [-0.1, -0.05) is 47.3 Å². The van der Waals surface area contributed by atoms with Gasteiger partial charge in [0.15, 0.2) is 0 Å². The van der Waals surface area contributed by atoms with Gasteiger partial charge in [0.1, 0.15) is 0 Å². The summed E-state index contributed by atoms with van der Waals surface area (Å²) in [5.74, 6) is -2.29. The van der Waals surface area contributed by atoms with Crippen molar-refractivity contribution in [3.05, 3.63) is 24.3 Å². The number of rotatable bonds is 5. The summed E-state index contributed by atoms with van der Waals surface area (Å²) in [6.45, 7) is 14.0. The Hall–Kier alpha value is -1.58. The fourth-order valence-electron chi connectivity index (χ4n) is 0.798. The van der Waals surface area contributed by atoms with Gasteiger partial charge in [-0.25, -0.2) is 0 Å². The van der Waals surface area contributed by atoms with Crippen molar-refractivity contribution in [3.8, 4) is 0 Å². The zero-order valence-corrected chi connectivity index (χ0v) is 11.7. The van der Waals surface area contributed by atoms with Crippen molar-refractivity contribution in [3.63, 3.8) is 0 Å². The lowest BCUT2D eigenvalue weighted by atomic mass is 9.88. The Kier molecular flexibility index (Phi) is 8.87. The molecule has 0 atom stereocenters. The van der Waals surface area contributed by atoms with Crippen LogP contribution in [-0.4, -0.2) is 11.9 Å². The molecule has 0 saturated carbocycles. The van der Waals surface area contributed by atoms with E-state index in [9.17, 15) is 19.8 Å². The minimum absolute atomic E-state index is 0.141. The first-order valence-corrected chi connectivity index (χ1v) is 5.83. The number of unbranched alkanes of at least 4 members (excludes halogenated alkanes) is 1. The van der Waals surface area contributed by atoms with Gasteiger partial charge in [-0.15, -0.1) is 0 Å². The molecule has 0 rings (SSSR count). The number of aliphatic carboxylic acids is 2. The molecular formula is C14H22O4-2. The highest BCUT2D eigenvalue weighted by Crippen LogP contribution is 2.22. The first-order chi connectivity index (χ1) is 8.03. The van der Waals surface area contributed by atoms with Crippen LogP contribution >= 0.6 is 0 Å². The van der Waals surface area contributed by atoms with Crippen molar-refractivity contribution in [2.24, 2.45) is 5.41 Å². The maximum Gasteiger partial charge on any atom is 0.0674 e. The quantitative estimate of drug-likeness (QED) is 0.680. The summed E-state index contributed by atoms with van der Waals surface area (Å²) in [6.07, 6.45) is 2.43. The molecule has 0 radical (unpaired) electrons. The molecule has 0 fully saturated rings. The van der Waals surface area contributed by atoms with Crippen molar-refractivity contribution in [2.75, 3.05) is 0 Å². The SMILES string of the molecule is C=C(C(=O)[O-])C(C)(C)C.C=C(CCCC)C(=O)[O-]. The molecule has 0 bridgehead atoms. The molecule has 4 nitrogen and oxygen atoms in total. The zero-order valence-electron chi connectivity index (χ0n) is 11.7. The Balaban J connectivity index is 0. The van der Waals surface area contributed by atoms with Crippen LogP contribution in [0, 0.1) is 5.41 Å². The third-order valence-corrected chi connectivity index (χ3v) is 2.27. The molecule has 104 valence electrons. The number of carbonyl (C=O) groups excluding carboxylic acids is 2. The Morgan fingerprint density at radius 2 is 1.50 bits per heavy atom. The van der Waals surface area contributed by atoms with Crippen molar-refractivity contribution in [1.82, 2.24) is 0 Å². The van der Waals surface area contributed by atoms with Gasteiger partial charge in [0.25, 0.3) is 0 Å². The van der Waals surface area contributed by atoms with E-state index < -0.39 is 11.9 Å². The monoisotopic (exact) mass is 254 g/mol. The molecule has 0 aromatic heterocycles. The molecule has 0 unspecified atom stereocenters. The van der Waals surface area contributed by atoms with Crippen LogP contribution in [0.3, 0.4) is 0 Å². The number of carboxylic acid groups (broad SMARTS) is 2. The van der Waals surface area contributed by atoms with Gasteiger partial charge in [0, 0.05) is 0 Å². The van der Waals surface area contributed by atoms with Crippen molar-refractivity contribution < 1.29 is 19.8 Å². The van der Waals surface area contributed by atoms with Crippen LogP contribution in [0.15, 0.2) is 24.3 Å². The predicted molar refractivity (Wildman–Crippen MR) is 67.3 cm³/mol. The molecule has 18 heavy (non-hydrogen) atoms. The molecule has 0 aliphatic rings. The standard InChI is InChI=1S/2C7H12O2/c1-5(6(8)9)7(2,3)4;1-3-4-5-6(2)7(8)9/h1H2,2-4H3,(H,8,9);2-5H2,1H3,(H,8,9)/p-2. The van der Waals surface area contributed by atoms with E-state index in [1.807, 2.05) is 6.92 Å². The fourth-order valence-corrected chi connectivity index (χ4v) is 0.798. The summed E-state index contributed by atoms with van der Waals surface area (Å²) in [5.41, 5.74) is -0.0295. The van der Waals surface area contributed by atoms with Gasteiger partial charge in [0.2, 0.25) is 0 Å². The molecule has 0 aliphatic carbocycles. The molecule has 0 heterocycles. The van der Waals surface area contributed by atoms with Crippen LogP contribution in [0.2, 0.25) is 0 Å². The van der Waals surface area contributed by atoms with Gasteiger partial charge in [-0.05, 0) is 29.4 Å². The first kappa shape index (κ1) is 18.8. The van der Waals surface area contributed by atoms with E-state index in [0.29, 0.717) is 6.42 Å². The van der Waals surface area contributed by atoms with Crippen molar-refractivity contribution in [2.45, 2.75) is 47.0 Å².